The van der Waals surface area contributed by atoms with Crippen LogP contribution in [-0.4, -0.2) is 36.8 Å². The van der Waals surface area contributed by atoms with Crippen molar-refractivity contribution in [2.75, 3.05) is 19.7 Å². The lowest BCUT2D eigenvalue weighted by Crippen LogP contribution is -2.43. The minimum absolute atomic E-state index is 0.0408. The normalized spacial score (nSPS) is 12.2. The molecule has 0 saturated carbocycles. The van der Waals surface area contributed by atoms with Crippen molar-refractivity contribution in [1.29, 1.82) is 0 Å². The number of amides is 1. The first-order chi connectivity index (χ1) is 5.72. The SMILES string of the molecule is C=CCNC(=O)C(C)NCCO. The summed E-state index contributed by atoms with van der Waals surface area (Å²) in [5, 5.41) is 13.9. The zero-order valence-corrected chi connectivity index (χ0v) is 7.34. The van der Waals surface area contributed by atoms with E-state index in [0.717, 1.165) is 0 Å². The average molecular weight is 172 g/mol. The molecule has 12 heavy (non-hydrogen) atoms. The first kappa shape index (κ1) is 11.1. The van der Waals surface area contributed by atoms with Crippen LogP contribution >= 0.6 is 0 Å². The molecule has 0 aliphatic heterocycles. The van der Waals surface area contributed by atoms with E-state index in [1.165, 1.54) is 0 Å². The summed E-state index contributed by atoms with van der Waals surface area (Å²) in [5.41, 5.74) is 0. The number of carbonyl (C=O) groups is 1. The maximum absolute atomic E-state index is 11.1. The van der Waals surface area contributed by atoms with Crippen LogP contribution in [0.4, 0.5) is 0 Å². The molecule has 0 aromatic carbocycles. The summed E-state index contributed by atoms with van der Waals surface area (Å²) < 4.78 is 0. The van der Waals surface area contributed by atoms with Gasteiger partial charge in [-0.1, -0.05) is 6.08 Å². The van der Waals surface area contributed by atoms with E-state index in [1.54, 1.807) is 13.0 Å². The number of rotatable bonds is 6. The number of hydrogen-bond acceptors (Lipinski definition) is 3. The fraction of sp³-hybridized carbons (Fsp3) is 0.625. The van der Waals surface area contributed by atoms with Crippen LogP contribution in [-0.2, 0) is 4.79 Å². The third-order valence-electron chi connectivity index (χ3n) is 1.38. The van der Waals surface area contributed by atoms with Crippen LogP contribution in [0.3, 0.4) is 0 Å². The van der Waals surface area contributed by atoms with Gasteiger partial charge in [-0.25, -0.2) is 0 Å². The Labute approximate surface area is 72.7 Å². The minimum atomic E-state index is -0.267. The van der Waals surface area contributed by atoms with E-state index >= 15 is 0 Å². The van der Waals surface area contributed by atoms with Gasteiger partial charge >= 0.3 is 0 Å². The first-order valence-electron chi connectivity index (χ1n) is 3.95. The summed E-state index contributed by atoms with van der Waals surface area (Å²) in [6, 6.07) is -0.267. The largest absolute Gasteiger partial charge is 0.395 e. The summed E-state index contributed by atoms with van der Waals surface area (Å²) >= 11 is 0. The number of aliphatic hydroxyl groups excluding tert-OH is 1. The van der Waals surface area contributed by atoms with E-state index in [1.807, 2.05) is 0 Å². The molecular weight excluding hydrogens is 156 g/mol. The highest BCUT2D eigenvalue weighted by Gasteiger charge is 2.09. The Bertz CT molecular complexity index is 148. The Morgan fingerprint density at radius 3 is 2.92 bits per heavy atom. The van der Waals surface area contributed by atoms with Crippen molar-refractivity contribution in [3.63, 3.8) is 0 Å². The summed E-state index contributed by atoms with van der Waals surface area (Å²) in [4.78, 5) is 11.1. The van der Waals surface area contributed by atoms with Crippen molar-refractivity contribution in [2.24, 2.45) is 0 Å². The molecule has 0 rings (SSSR count). The van der Waals surface area contributed by atoms with Crippen LogP contribution in [0.15, 0.2) is 12.7 Å². The smallest absolute Gasteiger partial charge is 0.237 e. The second kappa shape index (κ2) is 6.82. The molecule has 1 unspecified atom stereocenters. The molecule has 0 saturated heterocycles. The summed E-state index contributed by atoms with van der Waals surface area (Å²) in [5.74, 6) is -0.0802. The van der Waals surface area contributed by atoms with E-state index in [4.69, 9.17) is 5.11 Å². The van der Waals surface area contributed by atoms with Crippen LogP contribution in [0.5, 0.6) is 0 Å². The highest BCUT2D eigenvalue weighted by atomic mass is 16.3. The van der Waals surface area contributed by atoms with Gasteiger partial charge in [0, 0.05) is 13.1 Å². The van der Waals surface area contributed by atoms with Gasteiger partial charge in [0.2, 0.25) is 5.91 Å². The topological polar surface area (TPSA) is 61.4 Å². The summed E-state index contributed by atoms with van der Waals surface area (Å²) in [6.45, 7) is 6.17. The molecule has 70 valence electrons. The van der Waals surface area contributed by atoms with Gasteiger partial charge in [-0.05, 0) is 6.92 Å². The first-order valence-corrected chi connectivity index (χ1v) is 3.95. The zero-order valence-electron chi connectivity index (χ0n) is 7.34. The van der Waals surface area contributed by atoms with Crippen LogP contribution in [0.25, 0.3) is 0 Å². The van der Waals surface area contributed by atoms with Gasteiger partial charge < -0.3 is 15.7 Å². The fourth-order valence-electron chi connectivity index (χ4n) is 0.700. The standard InChI is InChI=1S/C8H16N2O2/c1-3-4-10-8(12)7(2)9-5-6-11/h3,7,9,11H,1,4-6H2,2H3,(H,10,12). The van der Waals surface area contributed by atoms with Crippen molar-refractivity contribution < 1.29 is 9.90 Å². The summed E-state index contributed by atoms with van der Waals surface area (Å²) in [6.07, 6.45) is 1.62. The summed E-state index contributed by atoms with van der Waals surface area (Å²) in [7, 11) is 0. The molecular formula is C8H16N2O2. The molecule has 0 heterocycles. The Morgan fingerprint density at radius 1 is 1.75 bits per heavy atom. The molecule has 0 bridgehead atoms. The number of aliphatic hydroxyl groups is 1. The van der Waals surface area contributed by atoms with Crippen LogP contribution in [0, 0.1) is 0 Å². The maximum atomic E-state index is 11.1. The molecule has 0 aromatic rings. The molecule has 1 atom stereocenters. The molecule has 0 aliphatic rings. The number of nitrogens with one attached hydrogen (secondary N) is 2. The van der Waals surface area contributed by atoms with Crippen molar-refractivity contribution in [1.82, 2.24) is 10.6 Å². The molecule has 0 aromatic heterocycles. The Balaban J connectivity index is 3.53. The molecule has 0 aliphatic carbocycles. The van der Waals surface area contributed by atoms with Gasteiger partial charge in [0.25, 0.3) is 0 Å². The Morgan fingerprint density at radius 2 is 2.42 bits per heavy atom. The molecule has 4 nitrogen and oxygen atoms in total. The van der Waals surface area contributed by atoms with E-state index < -0.39 is 0 Å². The zero-order chi connectivity index (χ0) is 9.40. The lowest BCUT2D eigenvalue weighted by molar-refractivity contribution is -0.122. The third-order valence-corrected chi connectivity index (χ3v) is 1.38. The average Bonchev–Trinajstić information content (AvgIpc) is 2.10. The van der Waals surface area contributed by atoms with Crippen LogP contribution in [0.2, 0.25) is 0 Å². The van der Waals surface area contributed by atoms with Gasteiger partial charge in [-0.3, -0.25) is 4.79 Å². The monoisotopic (exact) mass is 172 g/mol. The van der Waals surface area contributed by atoms with Crippen molar-refractivity contribution in [3.05, 3.63) is 12.7 Å². The highest BCUT2D eigenvalue weighted by Crippen LogP contribution is 1.80. The molecule has 0 radical (unpaired) electrons. The van der Waals surface area contributed by atoms with Gasteiger partial charge in [-0.2, -0.15) is 0 Å². The lowest BCUT2D eigenvalue weighted by atomic mass is 10.3. The lowest BCUT2D eigenvalue weighted by Gasteiger charge is -2.11. The third kappa shape index (κ3) is 4.87. The van der Waals surface area contributed by atoms with Crippen LogP contribution < -0.4 is 10.6 Å². The second-order valence-corrected chi connectivity index (χ2v) is 2.43. The molecule has 4 heteroatoms. The van der Waals surface area contributed by atoms with Gasteiger partial charge in [0.1, 0.15) is 0 Å². The van der Waals surface area contributed by atoms with Crippen molar-refractivity contribution in [2.45, 2.75) is 13.0 Å². The van der Waals surface area contributed by atoms with Gasteiger partial charge in [-0.15, -0.1) is 6.58 Å². The maximum Gasteiger partial charge on any atom is 0.237 e. The minimum Gasteiger partial charge on any atom is -0.395 e. The van der Waals surface area contributed by atoms with E-state index in [2.05, 4.69) is 17.2 Å². The fourth-order valence-corrected chi connectivity index (χ4v) is 0.700. The molecule has 0 fully saturated rings. The second-order valence-electron chi connectivity index (χ2n) is 2.43. The molecule has 1 amide bonds. The van der Waals surface area contributed by atoms with Gasteiger partial charge in [0.05, 0.1) is 12.6 Å². The predicted molar refractivity (Wildman–Crippen MR) is 47.8 cm³/mol. The number of hydrogen-bond donors (Lipinski definition) is 3. The van der Waals surface area contributed by atoms with Gasteiger partial charge in [0.15, 0.2) is 0 Å². The quantitative estimate of drug-likeness (QED) is 0.462. The van der Waals surface area contributed by atoms with E-state index in [0.29, 0.717) is 13.1 Å². The number of carbonyl (C=O) groups excluding carboxylic acids is 1. The Kier molecular flexibility index (Phi) is 6.32. The van der Waals surface area contributed by atoms with E-state index in [9.17, 15) is 4.79 Å². The van der Waals surface area contributed by atoms with Crippen LogP contribution in [0.1, 0.15) is 6.92 Å². The Hall–Kier alpha value is -0.870. The van der Waals surface area contributed by atoms with E-state index in [-0.39, 0.29) is 18.6 Å². The molecule has 0 spiro atoms. The molecule has 3 N–H and O–H groups in total. The predicted octanol–water partition coefficient (Wildman–Crippen LogP) is -0.741. The van der Waals surface area contributed by atoms with Crippen molar-refractivity contribution in [3.8, 4) is 0 Å². The highest BCUT2D eigenvalue weighted by molar-refractivity contribution is 5.81. The van der Waals surface area contributed by atoms with Crippen molar-refractivity contribution >= 4 is 5.91 Å².